The van der Waals surface area contributed by atoms with Crippen molar-refractivity contribution >= 4 is 5.91 Å². The molecule has 0 saturated carbocycles. The highest BCUT2D eigenvalue weighted by molar-refractivity contribution is 5.84. The molecular weight excluding hydrogens is 342 g/mol. The van der Waals surface area contributed by atoms with Gasteiger partial charge < -0.3 is 10.3 Å². The van der Waals surface area contributed by atoms with Crippen LogP contribution in [0.4, 0.5) is 0 Å². The highest BCUT2D eigenvalue weighted by Crippen LogP contribution is 2.32. The fourth-order valence-corrected chi connectivity index (χ4v) is 4.34. The third kappa shape index (κ3) is 3.75. The van der Waals surface area contributed by atoms with Gasteiger partial charge in [-0.25, -0.2) is 0 Å². The first-order valence-electron chi connectivity index (χ1n) is 9.83. The van der Waals surface area contributed by atoms with E-state index >= 15 is 0 Å². The van der Waals surface area contributed by atoms with Crippen LogP contribution in [0.5, 0.6) is 0 Å². The Bertz CT molecular complexity index is 762. The van der Waals surface area contributed by atoms with Gasteiger partial charge in [0.05, 0.1) is 6.54 Å². The molecule has 2 saturated heterocycles. The van der Waals surface area contributed by atoms with Crippen molar-refractivity contribution in [1.29, 1.82) is 0 Å². The van der Waals surface area contributed by atoms with Crippen molar-refractivity contribution in [2.45, 2.75) is 44.2 Å². The normalized spacial score (nSPS) is 21.2. The summed E-state index contributed by atoms with van der Waals surface area (Å²) in [6.07, 6.45) is 5.09. The molecule has 0 radical (unpaired) electrons. The van der Waals surface area contributed by atoms with Crippen LogP contribution in [0, 0.1) is 0 Å². The molecule has 0 atom stereocenters. The summed E-state index contributed by atoms with van der Waals surface area (Å²) < 4.78 is 5.43. The van der Waals surface area contributed by atoms with Gasteiger partial charge in [-0.2, -0.15) is 4.98 Å². The fourth-order valence-electron chi connectivity index (χ4n) is 4.34. The summed E-state index contributed by atoms with van der Waals surface area (Å²) in [5, 5.41) is 4.09. The molecule has 4 rings (SSSR count). The predicted octanol–water partition coefficient (Wildman–Crippen LogP) is 2.04. The highest BCUT2D eigenvalue weighted by atomic mass is 16.5. The number of benzene rings is 1. The van der Waals surface area contributed by atoms with E-state index in [0.717, 1.165) is 57.4 Å². The van der Waals surface area contributed by atoms with Gasteiger partial charge in [-0.15, -0.1) is 0 Å². The Morgan fingerprint density at radius 1 is 1.07 bits per heavy atom. The maximum absolute atomic E-state index is 12.3. The minimum Gasteiger partial charge on any atom is -0.368 e. The Hall–Kier alpha value is -2.25. The standard InChI is InChI=1S/C20H27N5O2/c21-19(26)20(25-11-5-2-6-12-25)9-13-24(14-10-20)15-17-22-18(23-27-17)16-7-3-1-4-8-16/h1,3-4,7-8H,2,5-6,9-15H2,(H2,21,26). The molecule has 2 aromatic rings. The minimum atomic E-state index is -0.485. The molecule has 0 unspecified atom stereocenters. The first-order valence-corrected chi connectivity index (χ1v) is 9.83. The van der Waals surface area contributed by atoms with Crippen LogP contribution in [-0.2, 0) is 11.3 Å². The molecule has 2 N–H and O–H groups in total. The molecule has 1 aromatic carbocycles. The zero-order chi connectivity index (χ0) is 18.7. The number of carbonyl (C=O) groups is 1. The van der Waals surface area contributed by atoms with Crippen LogP contribution in [-0.4, -0.2) is 57.6 Å². The van der Waals surface area contributed by atoms with Crippen molar-refractivity contribution < 1.29 is 9.32 Å². The minimum absolute atomic E-state index is 0.173. The molecule has 2 fully saturated rings. The summed E-state index contributed by atoms with van der Waals surface area (Å²) in [6.45, 7) is 4.18. The summed E-state index contributed by atoms with van der Waals surface area (Å²) in [4.78, 5) is 21.4. The van der Waals surface area contributed by atoms with E-state index in [9.17, 15) is 4.79 Å². The molecule has 2 aliphatic rings. The fraction of sp³-hybridized carbons (Fsp3) is 0.550. The molecule has 2 aliphatic heterocycles. The smallest absolute Gasteiger partial charge is 0.241 e. The third-order valence-corrected chi connectivity index (χ3v) is 5.96. The van der Waals surface area contributed by atoms with Gasteiger partial charge in [0, 0.05) is 18.7 Å². The number of nitrogens with zero attached hydrogens (tertiary/aromatic N) is 4. The quantitative estimate of drug-likeness (QED) is 0.868. The summed E-state index contributed by atoms with van der Waals surface area (Å²) in [7, 11) is 0. The van der Waals surface area contributed by atoms with Crippen LogP contribution in [0.15, 0.2) is 34.9 Å². The van der Waals surface area contributed by atoms with E-state index in [1.165, 1.54) is 6.42 Å². The number of carbonyl (C=O) groups excluding carboxylic acids is 1. The average Bonchev–Trinajstić information content (AvgIpc) is 3.18. The number of likely N-dealkylation sites (tertiary alicyclic amines) is 2. The molecule has 144 valence electrons. The second-order valence-electron chi connectivity index (χ2n) is 7.60. The second kappa shape index (κ2) is 7.78. The van der Waals surface area contributed by atoms with Gasteiger partial charge in [0.1, 0.15) is 5.54 Å². The van der Waals surface area contributed by atoms with Crippen LogP contribution >= 0.6 is 0 Å². The van der Waals surface area contributed by atoms with Gasteiger partial charge >= 0.3 is 0 Å². The molecule has 3 heterocycles. The number of piperidine rings is 2. The zero-order valence-electron chi connectivity index (χ0n) is 15.6. The van der Waals surface area contributed by atoms with Crippen molar-refractivity contribution in [2.24, 2.45) is 5.73 Å². The van der Waals surface area contributed by atoms with Crippen molar-refractivity contribution in [2.75, 3.05) is 26.2 Å². The summed E-state index contributed by atoms with van der Waals surface area (Å²) >= 11 is 0. The van der Waals surface area contributed by atoms with Crippen LogP contribution in [0.1, 0.15) is 38.0 Å². The van der Waals surface area contributed by atoms with E-state index in [0.29, 0.717) is 18.3 Å². The van der Waals surface area contributed by atoms with Gasteiger partial charge in [-0.1, -0.05) is 41.9 Å². The molecule has 7 nitrogen and oxygen atoms in total. The second-order valence-corrected chi connectivity index (χ2v) is 7.60. The zero-order valence-corrected chi connectivity index (χ0v) is 15.6. The van der Waals surface area contributed by atoms with Gasteiger partial charge in [0.15, 0.2) is 0 Å². The summed E-state index contributed by atoms with van der Waals surface area (Å²) in [6, 6.07) is 9.82. The van der Waals surface area contributed by atoms with Crippen LogP contribution in [0.25, 0.3) is 11.4 Å². The SMILES string of the molecule is NC(=O)C1(N2CCCCC2)CCN(Cc2nc(-c3ccccc3)no2)CC1. The van der Waals surface area contributed by atoms with Crippen LogP contribution in [0.3, 0.4) is 0 Å². The molecule has 0 aliphatic carbocycles. The van der Waals surface area contributed by atoms with Gasteiger partial charge in [0.2, 0.25) is 17.6 Å². The van der Waals surface area contributed by atoms with E-state index in [-0.39, 0.29) is 5.91 Å². The van der Waals surface area contributed by atoms with Gasteiger partial charge in [-0.05, 0) is 38.8 Å². The number of aromatic nitrogens is 2. The molecular formula is C20H27N5O2. The topological polar surface area (TPSA) is 88.5 Å². The number of hydrogen-bond donors (Lipinski definition) is 1. The maximum Gasteiger partial charge on any atom is 0.241 e. The molecule has 1 amide bonds. The molecule has 7 heteroatoms. The highest BCUT2D eigenvalue weighted by Gasteiger charge is 2.45. The Morgan fingerprint density at radius 3 is 2.44 bits per heavy atom. The lowest BCUT2D eigenvalue weighted by atomic mass is 9.83. The van der Waals surface area contributed by atoms with Crippen molar-refractivity contribution in [3.05, 3.63) is 36.2 Å². The Balaban J connectivity index is 1.39. The Kier molecular flexibility index (Phi) is 5.22. The third-order valence-electron chi connectivity index (χ3n) is 5.96. The van der Waals surface area contributed by atoms with E-state index < -0.39 is 5.54 Å². The van der Waals surface area contributed by atoms with Crippen molar-refractivity contribution in [1.82, 2.24) is 19.9 Å². The maximum atomic E-state index is 12.3. The van der Waals surface area contributed by atoms with E-state index in [1.807, 2.05) is 30.3 Å². The first-order chi connectivity index (χ1) is 13.2. The Morgan fingerprint density at radius 2 is 1.78 bits per heavy atom. The summed E-state index contributed by atoms with van der Waals surface area (Å²) in [5.74, 6) is 1.05. The number of nitrogens with two attached hydrogens (primary N) is 1. The van der Waals surface area contributed by atoms with Crippen molar-refractivity contribution in [3.63, 3.8) is 0 Å². The first kappa shape index (κ1) is 18.1. The van der Waals surface area contributed by atoms with Crippen LogP contribution < -0.4 is 5.73 Å². The van der Waals surface area contributed by atoms with Gasteiger partial charge in [0.25, 0.3) is 0 Å². The number of amides is 1. The molecule has 27 heavy (non-hydrogen) atoms. The van der Waals surface area contributed by atoms with Gasteiger partial charge in [-0.3, -0.25) is 14.6 Å². The van der Waals surface area contributed by atoms with E-state index in [4.69, 9.17) is 10.3 Å². The van der Waals surface area contributed by atoms with Crippen molar-refractivity contribution in [3.8, 4) is 11.4 Å². The average molecular weight is 369 g/mol. The molecule has 1 aromatic heterocycles. The summed E-state index contributed by atoms with van der Waals surface area (Å²) in [5.41, 5.74) is 6.32. The largest absolute Gasteiger partial charge is 0.368 e. The lowest BCUT2D eigenvalue weighted by Crippen LogP contribution is -2.63. The monoisotopic (exact) mass is 369 g/mol. The van der Waals surface area contributed by atoms with Crippen LogP contribution in [0.2, 0.25) is 0 Å². The number of hydrogen-bond acceptors (Lipinski definition) is 6. The Labute approximate surface area is 159 Å². The lowest BCUT2D eigenvalue weighted by Gasteiger charge is -2.47. The predicted molar refractivity (Wildman–Crippen MR) is 102 cm³/mol. The number of primary amides is 1. The molecule has 0 spiro atoms. The molecule has 0 bridgehead atoms. The van der Waals surface area contributed by atoms with E-state index in [2.05, 4.69) is 19.9 Å². The lowest BCUT2D eigenvalue weighted by molar-refractivity contribution is -0.135. The number of rotatable bonds is 5. The van der Waals surface area contributed by atoms with E-state index in [1.54, 1.807) is 0 Å².